The van der Waals surface area contributed by atoms with Crippen LogP contribution in [0.3, 0.4) is 0 Å². The number of azo groups is 1. The normalized spacial score (nSPS) is 10.8. The molecule has 0 aliphatic carbocycles. The first-order chi connectivity index (χ1) is 14.0. The van der Waals surface area contributed by atoms with Crippen molar-refractivity contribution in [2.24, 2.45) is 10.2 Å². The first-order valence-corrected chi connectivity index (χ1v) is 9.67. The summed E-state index contributed by atoms with van der Waals surface area (Å²) in [6.07, 6.45) is 1.87. The number of benzene rings is 1. The number of hydrogen-bond acceptors (Lipinski definition) is 6. The van der Waals surface area contributed by atoms with Crippen LogP contribution in [0.25, 0.3) is 0 Å². The molecule has 152 valence electrons. The Morgan fingerprint density at radius 3 is 2.45 bits per heavy atom. The fraction of sp³-hybridized carbons (Fsp3) is 0.381. The number of nitriles is 1. The Balaban J connectivity index is 2.47. The van der Waals surface area contributed by atoms with Crippen molar-refractivity contribution in [3.8, 4) is 11.9 Å². The minimum atomic E-state index is -0.477. The van der Waals surface area contributed by atoms with Gasteiger partial charge in [-0.1, -0.05) is 20.3 Å². The van der Waals surface area contributed by atoms with Gasteiger partial charge in [0.2, 0.25) is 5.88 Å². The van der Waals surface area contributed by atoms with Crippen molar-refractivity contribution < 1.29 is 9.90 Å². The third kappa shape index (κ3) is 4.88. The topological polar surface area (TPSA) is 120 Å². The van der Waals surface area contributed by atoms with Gasteiger partial charge < -0.3 is 10.4 Å². The Bertz CT molecular complexity index is 1000. The Morgan fingerprint density at radius 2 is 1.90 bits per heavy atom. The van der Waals surface area contributed by atoms with Crippen molar-refractivity contribution in [1.29, 1.82) is 5.26 Å². The van der Waals surface area contributed by atoms with E-state index in [9.17, 15) is 20.0 Å². The lowest BCUT2D eigenvalue weighted by atomic mass is 10.1. The van der Waals surface area contributed by atoms with Crippen LogP contribution in [0.5, 0.6) is 5.88 Å². The third-order valence-corrected chi connectivity index (χ3v) is 4.45. The van der Waals surface area contributed by atoms with E-state index >= 15 is 0 Å². The molecule has 0 spiro atoms. The zero-order chi connectivity index (χ0) is 21.4. The molecule has 0 atom stereocenters. The Labute approximate surface area is 169 Å². The van der Waals surface area contributed by atoms with E-state index < -0.39 is 5.56 Å². The minimum absolute atomic E-state index is 0.0451. The maximum atomic E-state index is 12.9. The number of rotatable bonds is 8. The van der Waals surface area contributed by atoms with E-state index in [4.69, 9.17) is 0 Å². The van der Waals surface area contributed by atoms with E-state index in [1.54, 1.807) is 31.2 Å². The molecule has 0 saturated heterocycles. The predicted molar refractivity (Wildman–Crippen MR) is 110 cm³/mol. The highest BCUT2D eigenvalue weighted by Gasteiger charge is 2.20. The van der Waals surface area contributed by atoms with Gasteiger partial charge in [0.1, 0.15) is 11.6 Å². The van der Waals surface area contributed by atoms with Crippen LogP contribution in [0.15, 0.2) is 39.3 Å². The summed E-state index contributed by atoms with van der Waals surface area (Å²) in [5.41, 5.74) is 0.944. The zero-order valence-corrected chi connectivity index (χ0v) is 16.9. The van der Waals surface area contributed by atoms with E-state index in [0.29, 0.717) is 42.7 Å². The Kier molecular flexibility index (Phi) is 7.66. The Morgan fingerprint density at radius 1 is 1.21 bits per heavy atom. The van der Waals surface area contributed by atoms with Gasteiger partial charge in [-0.05, 0) is 44.0 Å². The first-order valence-electron chi connectivity index (χ1n) is 9.67. The highest BCUT2D eigenvalue weighted by Crippen LogP contribution is 2.28. The molecule has 1 aromatic carbocycles. The summed E-state index contributed by atoms with van der Waals surface area (Å²) in [4.78, 5) is 24.7. The molecule has 29 heavy (non-hydrogen) atoms. The van der Waals surface area contributed by atoms with E-state index in [1.807, 2.05) is 19.9 Å². The van der Waals surface area contributed by atoms with Crippen molar-refractivity contribution in [1.82, 2.24) is 9.88 Å². The molecule has 0 radical (unpaired) electrons. The fourth-order valence-corrected chi connectivity index (χ4v) is 2.88. The number of aromatic nitrogens is 1. The molecule has 2 rings (SSSR count). The average molecular weight is 395 g/mol. The number of hydrogen-bond donors (Lipinski definition) is 2. The van der Waals surface area contributed by atoms with Gasteiger partial charge >= 0.3 is 0 Å². The van der Waals surface area contributed by atoms with Crippen molar-refractivity contribution in [2.75, 3.05) is 6.54 Å². The molecule has 2 aromatic rings. The predicted octanol–water partition coefficient (Wildman–Crippen LogP) is 3.95. The van der Waals surface area contributed by atoms with E-state index in [-0.39, 0.29) is 23.0 Å². The molecule has 1 amide bonds. The average Bonchev–Trinajstić information content (AvgIpc) is 2.73. The molecule has 0 bridgehead atoms. The molecule has 0 saturated carbocycles. The lowest BCUT2D eigenvalue weighted by Gasteiger charge is -2.13. The number of unbranched alkanes of at least 4 members (excludes halogenated alkanes) is 1. The quantitative estimate of drug-likeness (QED) is 0.657. The standard InChI is InChI=1S/C21H25N5O3/c1-4-7-12-26-20(28)17(13-22)16(5-2)18(21(26)29)25-24-15-10-8-14(9-11-15)19(27)23-6-3/h8-11,28H,4-7,12H2,1-3H3,(H,23,27). The Hall–Kier alpha value is -3.47. The molecule has 8 nitrogen and oxygen atoms in total. The van der Waals surface area contributed by atoms with Crippen LogP contribution in [0.1, 0.15) is 55.1 Å². The van der Waals surface area contributed by atoms with Crippen LogP contribution in [0.2, 0.25) is 0 Å². The summed E-state index contributed by atoms with van der Waals surface area (Å²) in [5, 5.41) is 30.8. The summed E-state index contributed by atoms with van der Waals surface area (Å²) in [6, 6.07) is 8.47. The van der Waals surface area contributed by atoms with Crippen molar-refractivity contribution in [3.63, 3.8) is 0 Å². The van der Waals surface area contributed by atoms with E-state index in [0.717, 1.165) is 6.42 Å². The van der Waals surface area contributed by atoms with E-state index in [1.165, 1.54) is 4.57 Å². The monoisotopic (exact) mass is 395 g/mol. The smallest absolute Gasteiger partial charge is 0.281 e. The van der Waals surface area contributed by atoms with Gasteiger partial charge in [0.15, 0.2) is 5.69 Å². The van der Waals surface area contributed by atoms with Crippen molar-refractivity contribution in [2.45, 2.75) is 46.6 Å². The molecule has 1 aromatic heterocycles. The van der Waals surface area contributed by atoms with Crippen molar-refractivity contribution in [3.05, 3.63) is 51.3 Å². The van der Waals surface area contributed by atoms with Crippen LogP contribution in [-0.4, -0.2) is 22.1 Å². The third-order valence-electron chi connectivity index (χ3n) is 4.45. The molecule has 0 unspecified atom stereocenters. The SMILES string of the molecule is CCCCn1c(O)c(C#N)c(CC)c(N=Nc2ccc(C(=O)NCC)cc2)c1=O. The molecule has 0 aliphatic heterocycles. The largest absolute Gasteiger partial charge is 0.493 e. The molecule has 1 heterocycles. The number of carbonyl (C=O) groups is 1. The summed E-state index contributed by atoms with van der Waals surface area (Å²) in [6.45, 7) is 6.42. The first kappa shape index (κ1) is 21.8. The maximum Gasteiger partial charge on any atom is 0.281 e. The van der Waals surface area contributed by atoms with Gasteiger partial charge in [0.25, 0.3) is 11.5 Å². The lowest BCUT2D eigenvalue weighted by Crippen LogP contribution is -2.22. The van der Waals surface area contributed by atoms with Crippen LogP contribution in [0, 0.1) is 11.3 Å². The maximum absolute atomic E-state index is 12.9. The van der Waals surface area contributed by atoms with Gasteiger partial charge in [0, 0.05) is 24.2 Å². The van der Waals surface area contributed by atoms with Crippen LogP contribution in [-0.2, 0) is 13.0 Å². The van der Waals surface area contributed by atoms with Gasteiger partial charge in [0.05, 0.1) is 5.69 Å². The van der Waals surface area contributed by atoms with Gasteiger partial charge in [-0.25, -0.2) is 0 Å². The van der Waals surface area contributed by atoms with Crippen LogP contribution >= 0.6 is 0 Å². The second-order valence-corrected chi connectivity index (χ2v) is 6.41. The number of carbonyl (C=O) groups excluding carboxylic acids is 1. The second kappa shape index (κ2) is 10.2. The van der Waals surface area contributed by atoms with Gasteiger partial charge in [-0.2, -0.15) is 10.4 Å². The molecular weight excluding hydrogens is 370 g/mol. The molecule has 8 heteroatoms. The van der Waals surface area contributed by atoms with E-state index in [2.05, 4.69) is 15.5 Å². The fourth-order valence-electron chi connectivity index (χ4n) is 2.88. The summed E-state index contributed by atoms with van der Waals surface area (Å²) in [7, 11) is 0. The summed E-state index contributed by atoms with van der Waals surface area (Å²) < 4.78 is 1.17. The number of aromatic hydroxyl groups is 1. The minimum Gasteiger partial charge on any atom is -0.493 e. The molecular formula is C21H25N5O3. The number of amides is 1. The molecule has 0 aliphatic rings. The lowest BCUT2D eigenvalue weighted by molar-refractivity contribution is 0.0956. The number of nitrogens with one attached hydrogen (secondary N) is 1. The number of pyridine rings is 1. The summed E-state index contributed by atoms with van der Waals surface area (Å²) in [5.74, 6) is -0.506. The highest BCUT2D eigenvalue weighted by atomic mass is 16.3. The van der Waals surface area contributed by atoms with Crippen LogP contribution in [0.4, 0.5) is 11.4 Å². The van der Waals surface area contributed by atoms with Gasteiger partial charge in [-0.15, -0.1) is 5.11 Å². The molecule has 0 fully saturated rings. The summed E-state index contributed by atoms with van der Waals surface area (Å²) >= 11 is 0. The van der Waals surface area contributed by atoms with Gasteiger partial charge in [-0.3, -0.25) is 14.2 Å². The second-order valence-electron chi connectivity index (χ2n) is 6.41. The van der Waals surface area contributed by atoms with Crippen molar-refractivity contribution >= 4 is 17.3 Å². The zero-order valence-electron chi connectivity index (χ0n) is 16.9. The van der Waals surface area contributed by atoms with Crippen LogP contribution < -0.4 is 10.9 Å². The molecule has 2 N–H and O–H groups in total. The highest BCUT2D eigenvalue weighted by molar-refractivity contribution is 5.94. The number of nitrogens with zero attached hydrogens (tertiary/aromatic N) is 4.